The van der Waals surface area contributed by atoms with Crippen molar-refractivity contribution in [3.05, 3.63) is 18.2 Å². The third kappa shape index (κ3) is 1.47. The van der Waals surface area contributed by atoms with Gasteiger partial charge in [-0.2, -0.15) is 0 Å². The summed E-state index contributed by atoms with van der Waals surface area (Å²) in [6, 6.07) is 0.273. The Morgan fingerprint density at radius 2 is 2.25 bits per heavy atom. The molecule has 2 heterocycles. The van der Waals surface area contributed by atoms with Crippen LogP contribution in [0.25, 0.3) is 0 Å². The van der Waals surface area contributed by atoms with Crippen LogP contribution in [0, 0.1) is 11.3 Å². The third-order valence-electron chi connectivity index (χ3n) is 3.96. The highest BCUT2D eigenvalue weighted by molar-refractivity contribution is 5.17. The van der Waals surface area contributed by atoms with Crippen LogP contribution in [0.3, 0.4) is 0 Å². The highest BCUT2D eigenvalue weighted by Gasteiger charge is 2.59. The number of nitrogens with zero attached hydrogens (tertiary/aromatic N) is 2. The lowest BCUT2D eigenvalue weighted by molar-refractivity contribution is 0.437. The molecule has 0 aromatic carbocycles. The topological polar surface area (TPSA) is 84.1 Å². The van der Waals surface area contributed by atoms with Gasteiger partial charge in [-0.3, -0.25) is 0 Å². The van der Waals surface area contributed by atoms with Gasteiger partial charge in [0, 0.05) is 31.0 Å². The monoisotopic (exact) mass is 220 g/mol. The van der Waals surface area contributed by atoms with Crippen LogP contribution in [0.5, 0.6) is 5.75 Å². The lowest BCUT2D eigenvalue weighted by Gasteiger charge is -2.13. The quantitative estimate of drug-likeness (QED) is 0.635. The molecule has 5 heteroatoms. The summed E-state index contributed by atoms with van der Waals surface area (Å²) in [5.41, 5.74) is 6.39. The first-order chi connectivity index (χ1) is 7.71. The van der Waals surface area contributed by atoms with Gasteiger partial charge in [0.2, 0.25) is 0 Å². The molecule has 0 radical (unpaired) electrons. The Bertz CT molecular complexity index is 393. The van der Waals surface area contributed by atoms with E-state index in [-0.39, 0.29) is 11.8 Å². The molecular weight excluding hydrogens is 204 g/mol. The second-order valence-electron chi connectivity index (χ2n) is 4.93. The smallest absolute Gasteiger partial charge is 0.152 e. The first kappa shape index (κ1) is 9.99. The van der Waals surface area contributed by atoms with Crippen molar-refractivity contribution in [3.8, 4) is 5.75 Å². The first-order valence-corrected chi connectivity index (χ1v) is 5.67. The molecule has 2 unspecified atom stereocenters. The number of nitrogens with two attached hydrogens (primary N) is 1. The molecule has 3 rings (SSSR count). The van der Waals surface area contributed by atoms with Gasteiger partial charge < -0.3 is 16.2 Å². The zero-order valence-corrected chi connectivity index (χ0v) is 9.06. The van der Waals surface area contributed by atoms with E-state index in [0.29, 0.717) is 11.3 Å². The van der Waals surface area contributed by atoms with Crippen LogP contribution in [0.1, 0.15) is 12.2 Å². The summed E-state index contributed by atoms with van der Waals surface area (Å²) in [6.45, 7) is 1.95. The second kappa shape index (κ2) is 3.40. The van der Waals surface area contributed by atoms with Crippen molar-refractivity contribution in [2.45, 2.75) is 18.9 Å². The maximum absolute atomic E-state index is 9.10. The number of hydrogen-bond acceptors (Lipinski definition) is 5. The molecule has 0 bridgehead atoms. The summed E-state index contributed by atoms with van der Waals surface area (Å²) < 4.78 is 0. The Labute approximate surface area is 94.1 Å². The van der Waals surface area contributed by atoms with Crippen LogP contribution in [0.2, 0.25) is 0 Å². The minimum Gasteiger partial charge on any atom is -0.505 e. The van der Waals surface area contributed by atoms with E-state index >= 15 is 0 Å². The SMILES string of the molecule is N[C@H]1CNCC12CC2Cc1ncc(O)cn1. The fraction of sp³-hybridized carbons (Fsp3) is 0.636. The Morgan fingerprint density at radius 1 is 1.50 bits per heavy atom. The van der Waals surface area contributed by atoms with E-state index in [2.05, 4.69) is 15.3 Å². The third-order valence-corrected chi connectivity index (χ3v) is 3.96. The van der Waals surface area contributed by atoms with Crippen molar-refractivity contribution < 1.29 is 5.11 Å². The Kier molecular flexibility index (Phi) is 2.12. The van der Waals surface area contributed by atoms with E-state index in [0.717, 1.165) is 25.3 Å². The molecule has 86 valence electrons. The van der Waals surface area contributed by atoms with Crippen molar-refractivity contribution in [2.75, 3.05) is 13.1 Å². The maximum Gasteiger partial charge on any atom is 0.152 e. The number of hydrogen-bond donors (Lipinski definition) is 3. The summed E-state index contributed by atoms with van der Waals surface area (Å²) in [7, 11) is 0. The van der Waals surface area contributed by atoms with Crippen molar-refractivity contribution in [1.29, 1.82) is 0 Å². The molecular formula is C11H16N4O. The highest BCUT2D eigenvalue weighted by Crippen LogP contribution is 2.57. The predicted molar refractivity (Wildman–Crippen MR) is 58.8 cm³/mol. The van der Waals surface area contributed by atoms with Crippen LogP contribution >= 0.6 is 0 Å². The zero-order chi connectivity index (χ0) is 11.2. The summed E-state index contributed by atoms with van der Waals surface area (Å²) >= 11 is 0. The minimum atomic E-state index is 0.119. The van der Waals surface area contributed by atoms with Crippen molar-refractivity contribution >= 4 is 0 Å². The molecule has 1 aromatic heterocycles. The highest BCUT2D eigenvalue weighted by atomic mass is 16.3. The molecule has 2 fully saturated rings. The molecule has 1 spiro atoms. The molecule has 3 atom stereocenters. The molecule has 0 amide bonds. The largest absolute Gasteiger partial charge is 0.505 e. The first-order valence-electron chi connectivity index (χ1n) is 5.67. The van der Waals surface area contributed by atoms with Gasteiger partial charge in [0.25, 0.3) is 0 Å². The Morgan fingerprint density at radius 3 is 2.88 bits per heavy atom. The van der Waals surface area contributed by atoms with E-state index < -0.39 is 0 Å². The van der Waals surface area contributed by atoms with E-state index in [1.165, 1.54) is 18.8 Å². The lowest BCUT2D eigenvalue weighted by Crippen LogP contribution is -2.32. The van der Waals surface area contributed by atoms with E-state index in [1.807, 2.05) is 0 Å². The molecule has 1 saturated heterocycles. The van der Waals surface area contributed by atoms with Gasteiger partial charge in [0.05, 0.1) is 12.4 Å². The molecule has 1 saturated carbocycles. The summed E-state index contributed by atoms with van der Waals surface area (Å²) in [4.78, 5) is 8.23. The molecule has 16 heavy (non-hydrogen) atoms. The van der Waals surface area contributed by atoms with Gasteiger partial charge in [-0.05, 0) is 12.3 Å². The lowest BCUT2D eigenvalue weighted by atomic mass is 9.97. The van der Waals surface area contributed by atoms with Gasteiger partial charge in [0.15, 0.2) is 5.75 Å². The number of aromatic nitrogens is 2. The van der Waals surface area contributed by atoms with Gasteiger partial charge in [-0.15, -0.1) is 0 Å². The zero-order valence-electron chi connectivity index (χ0n) is 9.06. The summed E-state index contributed by atoms with van der Waals surface area (Å²) in [5.74, 6) is 1.52. The van der Waals surface area contributed by atoms with Gasteiger partial charge in [-0.25, -0.2) is 9.97 Å². The molecule has 4 N–H and O–H groups in total. The van der Waals surface area contributed by atoms with Crippen molar-refractivity contribution in [3.63, 3.8) is 0 Å². The van der Waals surface area contributed by atoms with Gasteiger partial charge in [-0.1, -0.05) is 0 Å². The van der Waals surface area contributed by atoms with E-state index in [4.69, 9.17) is 10.8 Å². The van der Waals surface area contributed by atoms with Crippen LogP contribution < -0.4 is 11.1 Å². The normalized spacial score (nSPS) is 36.8. The van der Waals surface area contributed by atoms with Crippen molar-refractivity contribution in [2.24, 2.45) is 17.1 Å². The average molecular weight is 220 g/mol. The Balaban J connectivity index is 1.67. The summed E-state index contributed by atoms with van der Waals surface area (Å²) in [5, 5.41) is 12.4. The Hall–Kier alpha value is -1.20. The van der Waals surface area contributed by atoms with E-state index in [9.17, 15) is 0 Å². The van der Waals surface area contributed by atoms with E-state index in [1.54, 1.807) is 0 Å². The molecule has 1 aromatic rings. The van der Waals surface area contributed by atoms with Crippen LogP contribution in [-0.2, 0) is 6.42 Å². The number of rotatable bonds is 2. The molecule has 5 nitrogen and oxygen atoms in total. The van der Waals surface area contributed by atoms with Crippen LogP contribution in [0.4, 0.5) is 0 Å². The number of aromatic hydroxyl groups is 1. The van der Waals surface area contributed by atoms with Crippen molar-refractivity contribution in [1.82, 2.24) is 15.3 Å². The molecule has 1 aliphatic carbocycles. The molecule has 2 aliphatic rings. The standard InChI is InChI=1S/C11H16N4O/c12-9-5-13-6-11(9)2-7(11)1-10-14-3-8(16)4-15-10/h3-4,7,9,13,16H,1-2,5-6,12H2/t7?,9-,11?/m0/s1. The minimum absolute atomic E-state index is 0.119. The summed E-state index contributed by atoms with van der Waals surface area (Å²) in [6.07, 6.45) is 4.94. The fourth-order valence-corrected chi connectivity index (χ4v) is 2.81. The second-order valence-corrected chi connectivity index (χ2v) is 4.93. The predicted octanol–water partition coefficient (Wildman–Crippen LogP) is -0.339. The molecule has 1 aliphatic heterocycles. The average Bonchev–Trinajstić information content (AvgIpc) is 2.83. The van der Waals surface area contributed by atoms with Crippen LogP contribution in [-0.4, -0.2) is 34.2 Å². The van der Waals surface area contributed by atoms with Crippen LogP contribution in [0.15, 0.2) is 12.4 Å². The number of nitrogens with one attached hydrogen (secondary N) is 1. The van der Waals surface area contributed by atoms with Gasteiger partial charge in [0.1, 0.15) is 5.82 Å². The maximum atomic E-state index is 9.10. The fourth-order valence-electron chi connectivity index (χ4n) is 2.81. The van der Waals surface area contributed by atoms with Gasteiger partial charge >= 0.3 is 0 Å².